The van der Waals surface area contributed by atoms with Crippen molar-refractivity contribution in [2.45, 2.75) is 6.92 Å². The monoisotopic (exact) mass is 254 g/mol. The molecular weight excluding hydrogens is 243 g/mol. The number of carbonyl (C=O) groups excluding carboxylic acids is 1. The number of hydrogen-bond acceptors (Lipinski definition) is 2. The van der Waals surface area contributed by atoms with Crippen LogP contribution < -0.4 is 0 Å². The Hall–Kier alpha value is -2.42. The molecule has 0 radical (unpaired) electrons. The van der Waals surface area contributed by atoms with Gasteiger partial charge in [-0.05, 0) is 36.8 Å². The lowest BCUT2D eigenvalue weighted by Crippen LogP contribution is -1.86. The fraction of sp³-hybridized carbons (Fsp3) is 0.0625. The second kappa shape index (κ2) is 4.35. The molecule has 0 aliphatic rings. The number of fused-ring (bicyclic) bond motifs is 1. The van der Waals surface area contributed by atoms with Gasteiger partial charge in [-0.25, -0.2) is 4.39 Å². The van der Waals surface area contributed by atoms with Crippen LogP contribution in [0.5, 0.6) is 0 Å². The van der Waals surface area contributed by atoms with Crippen LogP contribution in [0.3, 0.4) is 0 Å². The molecule has 0 bridgehead atoms. The van der Waals surface area contributed by atoms with Gasteiger partial charge in [-0.1, -0.05) is 18.2 Å². The Balaban J connectivity index is 2.24. The molecule has 2 nitrogen and oxygen atoms in total. The molecule has 0 aliphatic carbocycles. The summed E-state index contributed by atoms with van der Waals surface area (Å²) in [5.41, 5.74) is 2.47. The summed E-state index contributed by atoms with van der Waals surface area (Å²) in [6.07, 6.45) is 0.691. The molecule has 2 aromatic carbocycles. The number of benzene rings is 2. The van der Waals surface area contributed by atoms with Crippen LogP contribution in [0.1, 0.15) is 15.9 Å². The Morgan fingerprint density at radius 3 is 2.74 bits per heavy atom. The maximum atomic E-state index is 13.8. The van der Waals surface area contributed by atoms with Crippen LogP contribution >= 0.6 is 0 Å². The maximum absolute atomic E-state index is 13.8. The standard InChI is InChI=1S/C16H11FO2/c1-10-3-2-4-12-8-15(19-16(10)12)13-7-11(9-18)5-6-14(13)17/h2-9H,1H3. The minimum absolute atomic E-state index is 0.306. The van der Waals surface area contributed by atoms with Gasteiger partial charge in [0.25, 0.3) is 0 Å². The fourth-order valence-electron chi connectivity index (χ4n) is 2.15. The van der Waals surface area contributed by atoms with Crippen LogP contribution in [-0.2, 0) is 0 Å². The summed E-state index contributed by atoms with van der Waals surface area (Å²) in [4.78, 5) is 10.8. The van der Waals surface area contributed by atoms with E-state index in [0.717, 1.165) is 16.5 Å². The predicted octanol–water partition coefficient (Wildman–Crippen LogP) is 4.36. The highest BCUT2D eigenvalue weighted by Crippen LogP contribution is 2.31. The molecule has 0 unspecified atom stereocenters. The number of furan rings is 1. The average Bonchev–Trinajstić information content (AvgIpc) is 2.84. The second-order valence-corrected chi connectivity index (χ2v) is 4.46. The molecule has 3 aromatic rings. The largest absolute Gasteiger partial charge is 0.456 e. The molecule has 0 spiro atoms. The summed E-state index contributed by atoms with van der Waals surface area (Å²) < 4.78 is 19.6. The summed E-state index contributed by atoms with van der Waals surface area (Å²) in [7, 11) is 0. The summed E-state index contributed by atoms with van der Waals surface area (Å²) in [6.45, 7) is 1.94. The third-order valence-electron chi connectivity index (χ3n) is 3.13. The Labute approximate surface area is 109 Å². The van der Waals surface area contributed by atoms with E-state index in [0.29, 0.717) is 23.2 Å². The van der Waals surface area contributed by atoms with E-state index in [2.05, 4.69) is 0 Å². The maximum Gasteiger partial charge on any atom is 0.150 e. The highest BCUT2D eigenvalue weighted by molar-refractivity contribution is 5.86. The number of rotatable bonds is 2. The Bertz CT molecular complexity index is 772. The quantitative estimate of drug-likeness (QED) is 0.636. The van der Waals surface area contributed by atoms with Crippen LogP contribution in [0.15, 0.2) is 46.9 Å². The minimum atomic E-state index is -0.401. The van der Waals surface area contributed by atoms with E-state index in [1.165, 1.54) is 18.2 Å². The van der Waals surface area contributed by atoms with Gasteiger partial charge in [-0.15, -0.1) is 0 Å². The Morgan fingerprint density at radius 2 is 2.00 bits per heavy atom. The van der Waals surface area contributed by atoms with E-state index < -0.39 is 5.82 Å². The lowest BCUT2D eigenvalue weighted by Gasteiger charge is -2.00. The normalized spacial score (nSPS) is 10.8. The van der Waals surface area contributed by atoms with E-state index in [4.69, 9.17) is 4.42 Å². The van der Waals surface area contributed by atoms with Crippen LogP contribution in [0.4, 0.5) is 4.39 Å². The minimum Gasteiger partial charge on any atom is -0.456 e. The number of para-hydroxylation sites is 1. The highest BCUT2D eigenvalue weighted by atomic mass is 19.1. The van der Waals surface area contributed by atoms with E-state index in [1.54, 1.807) is 6.07 Å². The van der Waals surface area contributed by atoms with E-state index in [1.807, 2.05) is 25.1 Å². The van der Waals surface area contributed by atoms with Gasteiger partial charge in [0.1, 0.15) is 23.4 Å². The van der Waals surface area contributed by atoms with Crippen LogP contribution in [0.25, 0.3) is 22.3 Å². The van der Waals surface area contributed by atoms with Gasteiger partial charge in [0.15, 0.2) is 0 Å². The second-order valence-electron chi connectivity index (χ2n) is 4.46. The first-order valence-electron chi connectivity index (χ1n) is 5.93. The van der Waals surface area contributed by atoms with E-state index >= 15 is 0 Å². The summed E-state index contributed by atoms with van der Waals surface area (Å²) in [6, 6.07) is 11.8. The topological polar surface area (TPSA) is 30.2 Å². The molecule has 3 rings (SSSR count). The lowest BCUT2D eigenvalue weighted by atomic mass is 10.1. The molecule has 1 aromatic heterocycles. The van der Waals surface area contributed by atoms with Gasteiger partial charge in [0.05, 0.1) is 5.56 Å². The van der Waals surface area contributed by atoms with E-state index in [-0.39, 0.29) is 0 Å². The van der Waals surface area contributed by atoms with Gasteiger partial charge in [0, 0.05) is 10.9 Å². The molecule has 0 aliphatic heterocycles. The molecule has 0 saturated heterocycles. The summed E-state index contributed by atoms with van der Waals surface area (Å²) in [5, 5.41) is 0.922. The third kappa shape index (κ3) is 1.93. The molecule has 0 atom stereocenters. The number of halogens is 1. The first kappa shape index (κ1) is 11.7. The highest BCUT2D eigenvalue weighted by Gasteiger charge is 2.12. The zero-order valence-electron chi connectivity index (χ0n) is 10.3. The molecule has 19 heavy (non-hydrogen) atoms. The van der Waals surface area contributed by atoms with Crippen molar-refractivity contribution in [2.24, 2.45) is 0 Å². The number of aldehydes is 1. The average molecular weight is 254 g/mol. The summed E-state index contributed by atoms with van der Waals surface area (Å²) >= 11 is 0. The number of carbonyl (C=O) groups is 1. The van der Waals surface area contributed by atoms with Crippen LogP contribution in [0.2, 0.25) is 0 Å². The molecule has 0 amide bonds. The Morgan fingerprint density at radius 1 is 1.16 bits per heavy atom. The van der Waals surface area contributed by atoms with Crippen molar-refractivity contribution in [3.63, 3.8) is 0 Å². The van der Waals surface area contributed by atoms with Crippen molar-refractivity contribution in [1.82, 2.24) is 0 Å². The van der Waals surface area contributed by atoms with Crippen molar-refractivity contribution >= 4 is 17.3 Å². The van der Waals surface area contributed by atoms with Crippen LogP contribution in [0, 0.1) is 12.7 Å². The zero-order valence-corrected chi connectivity index (χ0v) is 10.3. The van der Waals surface area contributed by atoms with Crippen molar-refractivity contribution in [1.29, 1.82) is 0 Å². The predicted molar refractivity (Wildman–Crippen MR) is 71.7 cm³/mol. The van der Waals surface area contributed by atoms with Gasteiger partial charge in [-0.2, -0.15) is 0 Å². The smallest absolute Gasteiger partial charge is 0.150 e. The lowest BCUT2D eigenvalue weighted by molar-refractivity contribution is 0.112. The van der Waals surface area contributed by atoms with Gasteiger partial charge >= 0.3 is 0 Å². The van der Waals surface area contributed by atoms with Crippen LogP contribution in [-0.4, -0.2) is 6.29 Å². The third-order valence-corrected chi connectivity index (χ3v) is 3.13. The Kier molecular flexibility index (Phi) is 2.67. The molecule has 0 fully saturated rings. The molecular formula is C16H11FO2. The molecule has 1 heterocycles. The van der Waals surface area contributed by atoms with E-state index in [9.17, 15) is 9.18 Å². The zero-order chi connectivity index (χ0) is 13.4. The fourth-order valence-corrected chi connectivity index (χ4v) is 2.15. The number of hydrogen-bond donors (Lipinski definition) is 0. The summed E-state index contributed by atoms with van der Waals surface area (Å²) in [5.74, 6) is 0.0350. The molecule has 0 N–H and O–H groups in total. The van der Waals surface area contributed by atoms with Crippen molar-refractivity contribution < 1.29 is 13.6 Å². The van der Waals surface area contributed by atoms with Crippen molar-refractivity contribution in [2.75, 3.05) is 0 Å². The SMILES string of the molecule is Cc1cccc2cc(-c3cc(C=O)ccc3F)oc12. The van der Waals surface area contributed by atoms with Gasteiger partial charge in [-0.3, -0.25) is 4.79 Å². The molecule has 0 saturated carbocycles. The van der Waals surface area contributed by atoms with Gasteiger partial charge < -0.3 is 4.42 Å². The van der Waals surface area contributed by atoms with Crippen molar-refractivity contribution in [3.05, 3.63) is 59.4 Å². The molecule has 3 heteroatoms. The van der Waals surface area contributed by atoms with Crippen molar-refractivity contribution in [3.8, 4) is 11.3 Å². The first-order valence-corrected chi connectivity index (χ1v) is 5.93. The first-order chi connectivity index (χ1) is 9.19. The van der Waals surface area contributed by atoms with Gasteiger partial charge in [0.2, 0.25) is 0 Å². The molecule has 94 valence electrons. The number of aryl methyl sites for hydroxylation is 1.